The number of rotatable bonds is 4. The molecule has 2 aromatic carbocycles. The number of benzene rings is 2. The van der Waals surface area contributed by atoms with Gasteiger partial charge < -0.3 is 4.90 Å². The standard InChI is InChI=1S/C22H25N5O/c1-17-8-9-20(14-18(17)2)27-16-21(23-24-27)22(28)26-12-10-25(11-13-26)15-19-6-4-3-5-7-19/h3-9,14,16H,10-13,15H2,1-2H3. The monoisotopic (exact) mass is 375 g/mol. The van der Waals surface area contributed by atoms with E-state index in [2.05, 4.69) is 65.5 Å². The minimum Gasteiger partial charge on any atom is -0.335 e. The Morgan fingerprint density at radius 2 is 1.71 bits per heavy atom. The first-order valence-electron chi connectivity index (χ1n) is 9.66. The van der Waals surface area contributed by atoms with E-state index in [4.69, 9.17) is 0 Å². The third kappa shape index (κ3) is 3.97. The molecule has 0 saturated carbocycles. The fourth-order valence-electron chi connectivity index (χ4n) is 3.47. The Balaban J connectivity index is 1.38. The summed E-state index contributed by atoms with van der Waals surface area (Å²) in [5.41, 5.74) is 5.04. The van der Waals surface area contributed by atoms with Gasteiger partial charge in [0.25, 0.3) is 5.91 Å². The van der Waals surface area contributed by atoms with Crippen LogP contribution in [0.1, 0.15) is 27.2 Å². The predicted molar refractivity (Wildman–Crippen MR) is 108 cm³/mol. The molecule has 0 radical (unpaired) electrons. The highest BCUT2D eigenvalue weighted by atomic mass is 16.2. The van der Waals surface area contributed by atoms with Crippen LogP contribution < -0.4 is 0 Å². The van der Waals surface area contributed by atoms with E-state index in [0.29, 0.717) is 18.8 Å². The number of carbonyl (C=O) groups excluding carboxylic acids is 1. The number of amides is 1. The lowest BCUT2D eigenvalue weighted by Crippen LogP contribution is -2.48. The molecule has 0 atom stereocenters. The van der Waals surface area contributed by atoms with Gasteiger partial charge in [0.05, 0.1) is 11.9 Å². The van der Waals surface area contributed by atoms with Crippen molar-refractivity contribution < 1.29 is 4.79 Å². The third-order valence-electron chi connectivity index (χ3n) is 5.38. The second-order valence-electron chi connectivity index (χ2n) is 7.37. The number of aromatic nitrogens is 3. The average molecular weight is 375 g/mol. The summed E-state index contributed by atoms with van der Waals surface area (Å²) in [7, 11) is 0. The lowest BCUT2D eigenvalue weighted by Gasteiger charge is -2.34. The molecule has 0 N–H and O–H groups in total. The number of hydrogen-bond donors (Lipinski definition) is 0. The molecule has 4 rings (SSSR count). The van der Waals surface area contributed by atoms with Crippen LogP contribution in [0.25, 0.3) is 5.69 Å². The molecule has 1 aliphatic rings. The van der Waals surface area contributed by atoms with Crippen molar-refractivity contribution in [3.8, 4) is 5.69 Å². The van der Waals surface area contributed by atoms with Gasteiger partial charge in [0.2, 0.25) is 0 Å². The highest BCUT2D eigenvalue weighted by Crippen LogP contribution is 2.15. The highest BCUT2D eigenvalue weighted by molar-refractivity contribution is 5.92. The number of piperazine rings is 1. The molecule has 0 bridgehead atoms. The quantitative estimate of drug-likeness (QED) is 0.704. The van der Waals surface area contributed by atoms with Gasteiger partial charge in [-0.15, -0.1) is 5.10 Å². The fraction of sp³-hybridized carbons (Fsp3) is 0.318. The molecule has 1 aliphatic heterocycles. The molecule has 144 valence electrons. The van der Waals surface area contributed by atoms with Crippen LogP contribution in [0.2, 0.25) is 0 Å². The van der Waals surface area contributed by atoms with Crippen molar-refractivity contribution in [1.29, 1.82) is 0 Å². The van der Waals surface area contributed by atoms with Crippen LogP contribution in [0.4, 0.5) is 0 Å². The summed E-state index contributed by atoms with van der Waals surface area (Å²) in [6.45, 7) is 8.22. The van der Waals surface area contributed by atoms with Crippen molar-refractivity contribution in [3.05, 3.63) is 77.1 Å². The molecule has 3 aromatic rings. The smallest absolute Gasteiger partial charge is 0.276 e. The van der Waals surface area contributed by atoms with Crippen molar-refractivity contribution >= 4 is 5.91 Å². The van der Waals surface area contributed by atoms with Crippen molar-refractivity contribution in [2.45, 2.75) is 20.4 Å². The maximum atomic E-state index is 12.8. The number of aryl methyl sites for hydroxylation is 2. The minimum atomic E-state index is -0.0468. The van der Waals surface area contributed by atoms with Gasteiger partial charge >= 0.3 is 0 Å². The van der Waals surface area contributed by atoms with Crippen molar-refractivity contribution in [2.75, 3.05) is 26.2 Å². The Hall–Kier alpha value is -2.99. The summed E-state index contributed by atoms with van der Waals surface area (Å²) in [5, 5.41) is 8.27. The molecule has 1 aromatic heterocycles. The fourth-order valence-corrected chi connectivity index (χ4v) is 3.47. The summed E-state index contributed by atoms with van der Waals surface area (Å²) in [5.74, 6) is -0.0468. The van der Waals surface area contributed by atoms with Gasteiger partial charge in [0, 0.05) is 32.7 Å². The summed E-state index contributed by atoms with van der Waals surface area (Å²) in [6.07, 6.45) is 1.72. The molecule has 2 heterocycles. The summed E-state index contributed by atoms with van der Waals surface area (Å²) in [4.78, 5) is 17.1. The van der Waals surface area contributed by atoms with Gasteiger partial charge in [0.15, 0.2) is 5.69 Å². The van der Waals surface area contributed by atoms with E-state index in [1.54, 1.807) is 10.9 Å². The van der Waals surface area contributed by atoms with Crippen LogP contribution in [0.15, 0.2) is 54.7 Å². The summed E-state index contributed by atoms with van der Waals surface area (Å²) in [6, 6.07) is 16.5. The van der Waals surface area contributed by atoms with Gasteiger partial charge in [-0.05, 0) is 42.7 Å². The van der Waals surface area contributed by atoms with Gasteiger partial charge in [-0.1, -0.05) is 41.6 Å². The lowest BCUT2D eigenvalue weighted by molar-refractivity contribution is 0.0622. The maximum Gasteiger partial charge on any atom is 0.276 e. The Morgan fingerprint density at radius 1 is 0.964 bits per heavy atom. The highest BCUT2D eigenvalue weighted by Gasteiger charge is 2.24. The average Bonchev–Trinajstić information content (AvgIpc) is 3.21. The van der Waals surface area contributed by atoms with Crippen molar-refractivity contribution in [2.24, 2.45) is 0 Å². The SMILES string of the molecule is Cc1ccc(-n2cc(C(=O)N3CCN(Cc4ccccc4)CC3)nn2)cc1C. The van der Waals surface area contributed by atoms with Crippen molar-refractivity contribution in [3.63, 3.8) is 0 Å². The molecular weight excluding hydrogens is 350 g/mol. The van der Waals surface area contributed by atoms with E-state index in [1.807, 2.05) is 17.0 Å². The second kappa shape index (κ2) is 7.94. The van der Waals surface area contributed by atoms with E-state index >= 15 is 0 Å². The van der Waals surface area contributed by atoms with E-state index in [-0.39, 0.29) is 5.91 Å². The molecule has 1 fully saturated rings. The minimum absolute atomic E-state index is 0.0468. The Kier molecular flexibility index (Phi) is 5.21. The molecule has 0 aliphatic carbocycles. The zero-order chi connectivity index (χ0) is 19.5. The number of hydrogen-bond acceptors (Lipinski definition) is 4. The van der Waals surface area contributed by atoms with Gasteiger partial charge in [0.1, 0.15) is 0 Å². The van der Waals surface area contributed by atoms with Crippen LogP contribution in [-0.4, -0.2) is 56.9 Å². The first-order chi connectivity index (χ1) is 13.6. The molecule has 6 nitrogen and oxygen atoms in total. The molecule has 28 heavy (non-hydrogen) atoms. The molecule has 0 spiro atoms. The van der Waals surface area contributed by atoms with Crippen molar-refractivity contribution in [1.82, 2.24) is 24.8 Å². The normalized spacial score (nSPS) is 15.0. The largest absolute Gasteiger partial charge is 0.335 e. The second-order valence-corrected chi connectivity index (χ2v) is 7.37. The van der Waals surface area contributed by atoms with Gasteiger partial charge in [-0.2, -0.15) is 0 Å². The molecule has 6 heteroatoms. The Bertz CT molecular complexity index is 958. The molecule has 1 saturated heterocycles. The molecule has 0 unspecified atom stereocenters. The number of carbonyl (C=O) groups is 1. The Labute approximate surface area is 165 Å². The third-order valence-corrected chi connectivity index (χ3v) is 5.38. The topological polar surface area (TPSA) is 54.3 Å². The molecular formula is C22H25N5O. The van der Waals surface area contributed by atoms with Gasteiger partial charge in [-0.3, -0.25) is 9.69 Å². The first kappa shape index (κ1) is 18.4. The van der Waals surface area contributed by atoms with E-state index in [9.17, 15) is 4.79 Å². The summed E-state index contributed by atoms with van der Waals surface area (Å²) < 4.78 is 1.67. The van der Waals surface area contributed by atoms with Crippen LogP contribution in [-0.2, 0) is 6.54 Å². The Morgan fingerprint density at radius 3 is 2.43 bits per heavy atom. The predicted octanol–water partition coefficient (Wildman–Crippen LogP) is 2.84. The zero-order valence-corrected chi connectivity index (χ0v) is 16.4. The lowest BCUT2D eigenvalue weighted by atomic mass is 10.1. The van der Waals surface area contributed by atoms with E-state index in [0.717, 1.165) is 25.3 Å². The zero-order valence-electron chi connectivity index (χ0n) is 16.4. The van der Waals surface area contributed by atoms with Gasteiger partial charge in [-0.25, -0.2) is 4.68 Å². The summed E-state index contributed by atoms with van der Waals surface area (Å²) >= 11 is 0. The van der Waals surface area contributed by atoms with Crippen LogP contribution in [0.5, 0.6) is 0 Å². The van der Waals surface area contributed by atoms with E-state index < -0.39 is 0 Å². The first-order valence-corrected chi connectivity index (χ1v) is 9.66. The maximum absolute atomic E-state index is 12.8. The number of nitrogens with zero attached hydrogens (tertiary/aromatic N) is 5. The van der Waals surface area contributed by atoms with Crippen LogP contribution in [0.3, 0.4) is 0 Å². The van der Waals surface area contributed by atoms with E-state index in [1.165, 1.54) is 16.7 Å². The van der Waals surface area contributed by atoms with Crippen LogP contribution in [0, 0.1) is 13.8 Å². The van der Waals surface area contributed by atoms with Crippen LogP contribution >= 0.6 is 0 Å². The molecule has 1 amide bonds.